The lowest BCUT2D eigenvalue weighted by atomic mass is 10.0. The molecule has 0 aliphatic carbocycles. The van der Waals surface area contributed by atoms with Crippen LogP contribution >= 0.6 is 0 Å². The highest BCUT2D eigenvalue weighted by Gasteiger charge is 2.21. The molecule has 0 radical (unpaired) electrons. The van der Waals surface area contributed by atoms with Gasteiger partial charge in [-0.1, -0.05) is 17.9 Å². The van der Waals surface area contributed by atoms with Crippen molar-refractivity contribution in [2.45, 2.75) is 25.4 Å². The number of piperidine rings is 1. The fourth-order valence-electron chi connectivity index (χ4n) is 2.83. The molecule has 0 saturated carbocycles. The zero-order valence-corrected chi connectivity index (χ0v) is 12.8. The number of benzene rings is 1. The van der Waals surface area contributed by atoms with Crippen molar-refractivity contribution in [1.82, 2.24) is 9.80 Å². The second-order valence-corrected chi connectivity index (χ2v) is 5.73. The van der Waals surface area contributed by atoms with Crippen molar-refractivity contribution in [1.29, 1.82) is 0 Å². The molecule has 2 rings (SSSR count). The maximum atomic E-state index is 13.4. The van der Waals surface area contributed by atoms with Crippen LogP contribution in [-0.4, -0.2) is 54.7 Å². The summed E-state index contributed by atoms with van der Waals surface area (Å²) in [6.45, 7) is 2.76. The number of rotatable bonds is 3. The van der Waals surface area contributed by atoms with Gasteiger partial charge in [0.25, 0.3) is 0 Å². The Morgan fingerprint density at radius 1 is 1.48 bits per heavy atom. The quantitative estimate of drug-likeness (QED) is 0.858. The van der Waals surface area contributed by atoms with Gasteiger partial charge < -0.3 is 10.0 Å². The molecule has 3 nitrogen and oxygen atoms in total. The Bertz CT molecular complexity index is 535. The second kappa shape index (κ2) is 7.56. The molecule has 21 heavy (non-hydrogen) atoms. The zero-order chi connectivity index (χ0) is 15.2. The Kier molecular flexibility index (Phi) is 5.75. The van der Waals surface area contributed by atoms with Gasteiger partial charge in [0.2, 0.25) is 0 Å². The van der Waals surface area contributed by atoms with E-state index in [1.165, 1.54) is 25.0 Å². The van der Waals surface area contributed by atoms with Gasteiger partial charge in [-0.05, 0) is 51.2 Å². The molecule has 0 amide bonds. The van der Waals surface area contributed by atoms with Crippen LogP contribution < -0.4 is 0 Å². The molecule has 1 atom stereocenters. The largest absolute Gasteiger partial charge is 0.384 e. The van der Waals surface area contributed by atoms with E-state index in [0.717, 1.165) is 25.2 Å². The minimum absolute atomic E-state index is 0.209. The third-order valence-corrected chi connectivity index (χ3v) is 4.02. The minimum atomic E-state index is -0.291. The van der Waals surface area contributed by atoms with E-state index in [4.69, 9.17) is 5.11 Å². The summed E-state index contributed by atoms with van der Waals surface area (Å²) in [5.41, 5.74) is 1.67. The number of aliphatic hydroxyl groups excluding tert-OH is 1. The molecular weight excluding hydrogens is 267 g/mol. The standard InChI is InChI=1S/C17H23FN2O/c1-19-9-3-6-17(13-19)20(2)12-15-7-8-16(18)11-14(15)5-4-10-21/h7-8,11,17,21H,3,6,9-10,12-13H2,1-2H3. The van der Waals surface area contributed by atoms with Crippen LogP contribution in [0.4, 0.5) is 4.39 Å². The summed E-state index contributed by atoms with van der Waals surface area (Å²) in [6, 6.07) is 5.23. The van der Waals surface area contributed by atoms with Gasteiger partial charge >= 0.3 is 0 Å². The van der Waals surface area contributed by atoms with E-state index in [9.17, 15) is 4.39 Å². The molecule has 1 unspecified atom stereocenters. The highest BCUT2D eigenvalue weighted by Crippen LogP contribution is 2.18. The third-order valence-electron chi connectivity index (χ3n) is 4.02. The summed E-state index contributed by atoms with van der Waals surface area (Å²) in [4.78, 5) is 4.66. The lowest BCUT2D eigenvalue weighted by molar-refractivity contribution is 0.129. The van der Waals surface area contributed by atoms with Crippen molar-refractivity contribution in [3.05, 3.63) is 35.1 Å². The van der Waals surface area contributed by atoms with Crippen molar-refractivity contribution < 1.29 is 9.50 Å². The van der Waals surface area contributed by atoms with Gasteiger partial charge in [0.15, 0.2) is 0 Å². The number of hydrogen-bond acceptors (Lipinski definition) is 3. The predicted molar refractivity (Wildman–Crippen MR) is 82.3 cm³/mol. The molecule has 4 heteroatoms. The maximum Gasteiger partial charge on any atom is 0.124 e. The van der Waals surface area contributed by atoms with Crippen LogP contribution in [-0.2, 0) is 6.54 Å². The summed E-state index contributed by atoms with van der Waals surface area (Å²) >= 11 is 0. The Balaban J connectivity index is 2.11. The smallest absolute Gasteiger partial charge is 0.124 e. The van der Waals surface area contributed by atoms with Crippen molar-refractivity contribution in [3.63, 3.8) is 0 Å². The van der Waals surface area contributed by atoms with Gasteiger partial charge in [0, 0.05) is 24.7 Å². The van der Waals surface area contributed by atoms with Crippen LogP contribution in [0.25, 0.3) is 0 Å². The van der Waals surface area contributed by atoms with Gasteiger partial charge in [0.05, 0.1) is 0 Å². The van der Waals surface area contributed by atoms with Gasteiger partial charge in [-0.15, -0.1) is 0 Å². The minimum Gasteiger partial charge on any atom is -0.384 e. The first-order chi connectivity index (χ1) is 10.1. The molecule has 1 heterocycles. The van der Waals surface area contributed by atoms with Gasteiger partial charge in [-0.25, -0.2) is 4.39 Å². The maximum absolute atomic E-state index is 13.4. The summed E-state index contributed by atoms with van der Waals surface area (Å²) in [5, 5.41) is 8.82. The molecule has 1 saturated heterocycles. The highest BCUT2D eigenvalue weighted by atomic mass is 19.1. The first kappa shape index (κ1) is 16.0. The number of nitrogens with zero attached hydrogens (tertiary/aromatic N) is 2. The van der Waals surface area contributed by atoms with Crippen molar-refractivity contribution >= 4 is 0 Å². The zero-order valence-electron chi connectivity index (χ0n) is 12.8. The number of aliphatic hydroxyl groups is 1. The van der Waals surface area contributed by atoms with Crippen LogP contribution in [0, 0.1) is 17.7 Å². The molecule has 1 aromatic carbocycles. The molecular formula is C17H23FN2O. The van der Waals surface area contributed by atoms with Crippen LogP contribution in [0.3, 0.4) is 0 Å². The molecule has 1 fully saturated rings. The predicted octanol–water partition coefficient (Wildman–Crippen LogP) is 1.70. The summed E-state index contributed by atoms with van der Waals surface area (Å²) < 4.78 is 13.4. The van der Waals surface area contributed by atoms with Crippen molar-refractivity contribution in [3.8, 4) is 11.8 Å². The van der Waals surface area contributed by atoms with E-state index in [1.807, 2.05) is 0 Å². The molecule has 0 aromatic heterocycles. The number of halogens is 1. The molecule has 0 spiro atoms. The van der Waals surface area contributed by atoms with Gasteiger partial charge in [0.1, 0.15) is 12.4 Å². The highest BCUT2D eigenvalue weighted by molar-refractivity contribution is 5.41. The van der Waals surface area contributed by atoms with Crippen LogP contribution in [0.5, 0.6) is 0 Å². The fourth-order valence-corrected chi connectivity index (χ4v) is 2.83. The monoisotopic (exact) mass is 290 g/mol. The first-order valence-corrected chi connectivity index (χ1v) is 7.37. The second-order valence-electron chi connectivity index (χ2n) is 5.73. The van der Waals surface area contributed by atoms with Crippen molar-refractivity contribution in [2.75, 3.05) is 33.8 Å². The number of likely N-dealkylation sites (N-methyl/N-ethyl adjacent to an activating group) is 2. The summed E-state index contributed by atoms with van der Waals surface area (Å²) in [6.07, 6.45) is 2.41. The third kappa shape index (κ3) is 4.53. The van der Waals surface area contributed by atoms with Gasteiger partial charge in [-0.2, -0.15) is 0 Å². The molecule has 1 aliphatic heterocycles. The van der Waals surface area contributed by atoms with E-state index in [0.29, 0.717) is 11.6 Å². The average molecular weight is 290 g/mol. The fraction of sp³-hybridized carbons (Fsp3) is 0.529. The molecule has 114 valence electrons. The van der Waals surface area contributed by atoms with E-state index in [2.05, 4.69) is 35.7 Å². The Morgan fingerprint density at radius 2 is 2.29 bits per heavy atom. The molecule has 1 aromatic rings. The Labute approximate surface area is 126 Å². The molecule has 1 N–H and O–H groups in total. The summed E-state index contributed by atoms with van der Waals surface area (Å²) in [7, 11) is 4.26. The van der Waals surface area contributed by atoms with Crippen molar-refractivity contribution in [2.24, 2.45) is 0 Å². The number of hydrogen-bond donors (Lipinski definition) is 1. The molecule has 1 aliphatic rings. The Hall–Kier alpha value is -1.41. The van der Waals surface area contributed by atoms with Gasteiger partial charge in [-0.3, -0.25) is 4.90 Å². The SMILES string of the molecule is CN1CCCC(N(C)Cc2ccc(F)cc2C#CCO)C1. The van der Waals surface area contributed by atoms with E-state index in [-0.39, 0.29) is 12.4 Å². The number of likely N-dealkylation sites (tertiary alicyclic amines) is 1. The lowest BCUT2D eigenvalue weighted by Crippen LogP contribution is -2.44. The van der Waals surface area contributed by atoms with Crippen LogP contribution in [0.2, 0.25) is 0 Å². The lowest BCUT2D eigenvalue weighted by Gasteiger charge is -2.36. The Morgan fingerprint density at radius 3 is 3.00 bits per heavy atom. The van der Waals surface area contributed by atoms with E-state index in [1.54, 1.807) is 6.07 Å². The van der Waals surface area contributed by atoms with E-state index < -0.39 is 0 Å². The van der Waals surface area contributed by atoms with Crippen LogP contribution in [0.15, 0.2) is 18.2 Å². The normalized spacial score (nSPS) is 19.4. The summed E-state index contributed by atoms with van der Waals surface area (Å²) in [5.74, 6) is 5.16. The average Bonchev–Trinajstić information content (AvgIpc) is 2.47. The van der Waals surface area contributed by atoms with Crippen LogP contribution in [0.1, 0.15) is 24.0 Å². The topological polar surface area (TPSA) is 26.7 Å². The molecule has 0 bridgehead atoms. The van der Waals surface area contributed by atoms with E-state index >= 15 is 0 Å². The first-order valence-electron chi connectivity index (χ1n) is 7.37.